The number of esters is 1. The van der Waals surface area contributed by atoms with Gasteiger partial charge >= 0.3 is 5.97 Å². The van der Waals surface area contributed by atoms with Crippen molar-refractivity contribution < 1.29 is 18.3 Å². The van der Waals surface area contributed by atoms with E-state index in [1.54, 1.807) is 36.4 Å². The summed E-state index contributed by atoms with van der Waals surface area (Å²) >= 11 is 0. The molecule has 4 heteroatoms. The molecule has 0 saturated carbocycles. The van der Waals surface area contributed by atoms with Crippen LogP contribution in [-0.2, 0) is 16.0 Å². The fourth-order valence-corrected chi connectivity index (χ4v) is 1.55. The maximum Gasteiger partial charge on any atom is 0.313 e. The van der Waals surface area contributed by atoms with Crippen LogP contribution in [0.15, 0.2) is 40.8 Å². The highest BCUT2D eigenvalue weighted by Gasteiger charge is 2.06. The van der Waals surface area contributed by atoms with Gasteiger partial charge in [0.2, 0.25) is 0 Å². The highest BCUT2D eigenvalue weighted by molar-refractivity contribution is 5.72. The van der Waals surface area contributed by atoms with Crippen molar-refractivity contribution in [3.63, 3.8) is 0 Å². The molecule has 0 bridgehead atoms. The quantitative estimate of drug-likeness (QED) is 0.792. The Balaban J connectivity index is 2.03. The third-order valence-electron chi connectivity index (χ3n) is 2.54. The molecule has 0 spiro atoms. The average molecular weight is 260 g/mol. The number of benzene rings is 1. The fraction of sp³-hybridized carbons (Fsp3) is 0.133. The van der Waals surface area contributed by atoms with Gasteiger partial charge in [0.05, 0.1) is 7.11 Å². The van der Waals surface area contributed by atoms with Crippen LogP contribution in [0.1, 0.15) is 17.1 Å². The molecule has 0 unspecified atom stereocenters. The lowest BCUT2D eigenvalue weighted by atomic mass is 10.2. The minimum atomic E-state index is -0.344. The summed E-state index contributed by atoms with van der Waals surface area (Å²) in [4.78, 5) is 11.1. The van der Waals surface area contributed by atoms with Crippen molar-refractivity contribution in [3.05, 3.63) is 59.3 Å². The van der Waals surface area contributed by atoms with Crippen molar-refractivity contribution in [1.82, 2.24) is 0 Å². The standard InChI is InChI=1S/C15H13FO3/c1-18-15(17)10-14-9-8-13(19-14)7-4-11-2-5-12(16)6-3-11/h2-9H,10H2,1H3/b7-4+. The molecule has 0 saturated heterocycles. The predicted octanol–water partition coefficient (Wildman–Crippen LogP) is 3.30. The number of ether oxygens (including phenoxy) is 1. The van der Waals surface area contributed by atoms with Gasteiger partial charge in [-0.2, -0.15) is 0 Å². The Kier molecular flexibility index (Phi) is 4.13. The molecular formula is C15H13FO3. The van der Waals surface area contributed by atoms with Crippen LogP contribution in [0.2, 0.25) is 0 Å². The van der Waals surface area contributed by atoms with Crippen LogP contribution in [0.5, 0.6) is 0 Å². The molecule has 1 aromatic carbocycles. The highest BCUT2D eigenvalue weighted by Crippen LogP contribution is 2.13. The molecule has 3 nitrogen and oxygen atoms in total. The van der Waals surface area contributed by atoms with Gasteiger partial charge in [0.25, 0.3) is 0 Å². The van der Waals surface area contributed by atoms with Gasteiger partial charge in [0.1, 0.15) is 23.8 Å². The second kappa shape index (κ2) is 6.00. The van der Waals surface area contributed by atoms with Gasteiger partial charge in [-0.15, -0.1) is 0 Å². The zero-order valence-corrected chi connectivity index (χ0v) is 10.4. The first-order chi connectivity index (χ1) is 9.17. The molecule has 2 rings (SSSR count). The number of hydrogen-bond acceptors (Lipinski definition) is 3. The number of halogens is 1. The van der Waals surface area contributed by atoms with Crippen molar-refractivity contribution in [1.29, 1.82) is 0 Å². The van der Waals surface area contributed by atoms with E-state index in [-0.39, 0.29) is 18.2 Å². The molecule has 19 heavy (non-hydrogen) atoms. The lowest BCUT2D eigenvalue weighted by Crippen LogP contribution is -2.03. The first-order valence-corrected chi connectivity index (χ1v) is 5.76. The highest BCUT2D eigenvalue weighted by atomic mass is 19.1. The van der Waals surface area contributed by atoms with Gasteiger partial charge in [-0.1, -0.05) is 18.2 Å². The Morgan fingerprint density at radius 3 is 2.63 bits per heavy atom. The summed E-state index contributed by atoms with van der Waals surface area (Å²) < 4.78 is 22.7. The second-order valence-electron chi connectivity index (χ2n) is 3.94. The Bertz CT molecular complexity index is 582. The Morgan fingerprint density at radius 1 is 1.21 bits per heavy atom. The van der Waals surface area contributed by atoms with Crippen LogP contribution in [0.25, 0.3) is 12.2 Å². The molecule has 0 fully saturated rings. The third kappa shape index (κ3) is 3.81. The molecule has 2 aromatic rings. The van der Waals surface area contributed by atoms with Crippen molar-refractivity contribution in [2.45, 2.75) is 6.42 Å². The molecule has 0 amide bonds. The zero-order valence-electron chi connectivity index (χ0n) is 10.4. The van der Waals surface area contributed by atoms with Gasteiger partial charge in [-0.05, 0) is 35.9 Å². The van der Waals surface area contributed by atoms with Crippen molar-refractivity contribution >= 4 is 18.1 Å². The molecule has 98 valence electrons. The van der Waals surface area contributed by atoms with Crippen LogP contribution in [0.4, 0.5) is 4.39 Å². The number of carbonyl (C=O) groups excluding carboxylic acids is 1. The second-order valence-corrected chi connectivity index (χ2v) is 3.94. The SMILES string of the molecule is COC(=O)Cc1ccc(/C=C/c2ccc(F)cc2)o1. The van der Waals surface area contributed by atoms with E-state index in [4.69, 9.17) is 4.42 Å². The normalized spacial score (nSPS) is 10.8. The summed E-state index contributed by atoms with van der Waals surface area (Å²) in [6.45, 7) is 0. The first-order valence-electron chi connectivity index (χ1n) is 5.76. The number of methoxy groups -OCH3 is 1. The predicted molar refractivity (Wildman–Crippen MR) is 69.8 cm³/mol. The first kappa shape index (κ1) is 13.1. The summed E-state index contributed by atoms with van der Waals surface area (Å²) in [5, 5.41) is 0. The Morgan fingerprint density at radius 2 is 1.95 bits per heavy atom. The Labute approximate surface area is 110 Å². The van der Waals surface area contributed by atoms with Gasteiger partial charge < -0.3 is 9.15 Å². The monoisotopic (exact) mass is 260 g/mol. The fourth-order valence-electron chi connectivity index (χ4n) is 1.55. The summed E-state index contributed by atoms with van der Waals surface area (Å²) in [6, 6.07) is 9.61. The van der Waals surface area contributed by atoms with Crippen molar-refractivity contribution in [3.8, 4) is 0 Å². The van der Waals surface area contributed by atoms with Gasteiger partial charge in [-0.25, -0.2) is 4.39 Å². The third-order valence-corrected chi connectivity index (χ3v) is 2.54. The number of furan rings is 1. The molecule has 0 aliphatic heterocycles. The molecular weight excluding hydrogens is 247 g/mol. The van der Waals surface area contributed by atoms with E-state index in [1.807, 2.05) is 0 Å². The van der Waals surface area contributed by atoms with Crippen LogP contribution in [-0.4, -0.2) is 13.1 Å². The van der Waals surface area contributed by atoms with Crippen molar-refractivity contribution in [2.75, 3.05) is 7.11 Å². The maximum atomic E-state index is 12.7. The van der Waals surface area contributed by atoms with E-state index in [1.165, 1.54) is 19.2 Å². The van der Waals surface area contributed by atoms with E-state index in [9.17, 15) is 9.18 Å². The van der Waals surface area contributed by atoms with Crippen LogP contribution >= 0.6 is 0 Å². The smallest absolute Gasteiger partial charge is 0.313 e. The summed E-state index contributed by atoms with van der Waals surface area (Å²) in [5.41, 5.74) is 0.868. The topological polar surface area (TPSA) is 39.4 Å². The molecule has 0 radical (unpaired) electrons. The summed E-state index contributed by atoms with van der Waals surface area (Å²) in [5.74, 6) is 0.563. The van der Waals surface area contributed by atoms with E-state index in [0.29, 0.717) is 11.5 Å². The number of rotatable bonds is 4. The molecule has 1 heterocycles. The average Bonchev–Trinajstić information content (AvgIpc) is 2.85. The van der Waals surface area contributed by atoms with Gasteiger partial charge in [0, 0.05) is 0 Å². The molecule has 0 N–H and O–H groups in total. The van der Waals surface area contributed by atoms with E-state index >= 15 is 0 Å². The van der Waals surface area contributed by atoms with E-state index in [0.717, 1.165) is 5.56 Å². The van der Waals surface area contributed by atoms with Crippen molar-refractivity contribution in [2.24, 2.45) is 0 Å². The van der Waals surface area contributed by atoms with Crippen LogP contribution in [0, 0.1) is 5.82 Å². The molecule has 0 aliphatic carbocycles. The minimum absolute atomic E-state index is 0.112. The summed E-state index contributed by atoms with van der Waals surface area (Å²) in [7, 11) is 1.33. The molecule has 0 atom stereocenters. The maximum absolute atomic E-state index is 12.7. The minimum Gasteiger partial charge on any atom is -0.469 e. The van der Waals surface area contributed by atoms with Gasteiger partial charge in [0.15, 0.2) is 0 Å². The summed E-state index contributed by atoms with van der Waals surface area (Å²) in [6.07, 6.45) is 3.68. The van der Waals surface area contributed by atoms with Crippen LogP contribution in [0.3, 0.4) is 0 Å². The lowest BCUT2D eigenvalue weighted by Gasteiger charge is -1.95. The lowest BCUT2D eigenvalue weighted by molar-refractivity contribution is -0.140. The zero-order chi connectivity index (χ0) is 13.7. The van der Waals surface area contributed by atoms with Gasteiger partial charge in [-0.3, -0.25) is 4.79 Å². The molecule has 1 aromatic heterocycles. The van der Waals surface area contributed by atoms with E-state index in [2.05, 4.69) is 4.74 Å². The number of hydrogen-bond donors (Lipinski definition) is 0. The largest absolute Gasteiger partial charge is 0.469 e. The Hall–Kier alpha value is -2.36. The molecule has 0 aliphatic rings. The van der Waals surface area contributed by atoms with Crippen LogP contribution < -0.4 is 0 Å². The van der Waals surface area contributed by atoms with E-state index < -0.39 is 0 Å². The number of carbonyl (C=O) groups is 1.